The highest BCUT2D eigenvalue weighted by molar-refractivity contribution is 6.00. The van der Waals surface area contributed by atoms with Gasteiger partial charge in [0.1, 0.15) is 22.8 Å². The van der Waals surface area contributed by atoms with Gasteiger partial charge in [0.15, 0.2) is 22.9 Å². The van der Waals surface area contributed by atoms with Crippen LogP contribution in [0.25, 0.3) is 11.3 Å². The molecule has 0 aliphatic heterocycles. The monoisotopic (exact) mass is 1020 g/mol. The molecule has 0 unspecified atom stereocenters. The lowest BCUT2D eigenvalue weighted by molar-refractivity contribution is -0.137. The van der Waals surface area contributed by atoms with E-state index >= 15 is 0 Å². The van der Waals surface area contributed by atoms with Gasteiger partial charge in [0.05, 0.1) is 30.0 Å². The van der Waals surface area contributed by atoms with E-state index in [1.165, 1.54) is 64.9 Å². The first kappa shape index (κ1) is 50.9. The molecular formula is C54H47F4N11O6. The number of fused-ring (bicyclic) bond motifs is 4. The number of halogens is 4. The summed E-state index contributed by atoms with van der Waals surface area (Å²) in [4.78, 5) is 88.3. The minimum absolute atomic E-state index is 0.00947. The Labute approximate surface area is 425 Å². The number of pyridine rings is 1. The highest BCUT2D eigenvalue weighted by Crippen LogP contribution is 2.37. The van der Waals surface area contributed by atoms with E-state index in [2.05, 4.69) is 46.4 Å². The third kappa shape index (κ3) is 10.7. The van der Waals surface area contributed by atoms with Crippen LogP contribution in [0.1, 0.15) is 152 Å². The summed E-state index contributed by atoms with van der Waals surface area (Å²) in [6.45, 7) is 6.97. The van der Waals surface area contributed by atoms with Crippen molar-refractivity contribution in [2.24, 2.45) is 0 Å². The SMILES string of the molecule is CC(=O)c1ccc2c(c1C)CC[C@@H]2NC(=O)c1cc(C(=O)NCc2ccc(C(F)(F)F)cc2)nc2ccnn12.CC(=O)c1ccc2c(c1C)CC[C@@H]2NC(=O)c1cc(C(=O)NCc2ccnc(F)c2)nc2ccnn12. The molecule has 4 N–H and O–H groups in total. The molecule has 0 bridgehead atoms. The van der Waals surface area contributed by atoms with Gasteiger partial charge in [-0.2, -0.15) is 27.8 Å². The Morgan fingerprint density at radius 3 is 1.49 bits per heavy atom. The molecule has 0 saturated carbocycles. The number of hydrogen-bond acceptors (Lipinski definition) is 11. The molecule has 75 heavy (non-hydrogen) atoms. The van der Waals surface area contributed by atoms with Gasteiger partial charge in [0.25, 0.3) is 23.6 Å². The quantitative estimate of drug-likeness (QED) is 0.0527. The van der Waals surface area contributed by atoms with Crippen molar-refractivity contribution in [3.8, 4) is 0 Å². The number of alkyl halides is 3. The summed E-state index contributed by atoms with van der Waals surface area (Å²) in [5.41, 5.74) is 8.44. The van der Waals surface area contributed by atoms with Gasteiger partial charge in [0.2, 0.25) is 5.95 Å². The maximum absolute atomic E-state index is 13.4. The summed E-state index contributed by atoms with van der Waals surface area (Å²) in [7, 11) is 0. The summed E-state index contributed by atoms with van der Waals surface area (Å²) < 4.78 is 54.4. The van der Waals surface area contributed by atoms with Gasteiger partial charge in [-0.1, -0.05) is 36.4 Å². The Hall–Kier alpha value is -9.01. The molecule has 8 aromatic rings. The molecule has 2 atom stereocenters. The summed E-state index contributed by atoms with van der Waals surface area (Å²) in [6, 6.07) is 20.0. The number of benzene rings is 3. The smallest absolute Gasteiger partial charge is 0.347 e. The zero-order valence-electron chi connectivity index (χ0n) is 40.8. The van der Waals surface area contributed by atoms with Crippen molar-refractivity contribution in [1.29, 1.82) is 0 Å². The largest absolute Gasteiger partial charge is 0.416 e. The number of amides is 4. The van der Waals surface area contributed by atoms with Gasteiger partial charge in [-0.3, -0.25) is 28.8 Å². The topological polar surface area (TPSA) is 224 Å². The van der Waals surface area contributed by atoms with Crippen LogP contribution in [0, 0.1) is 19.8 Å². The molecule has 2 aliphatic carbocycles. The highest BCUT2D eigenvalue weighted by Gasteiger charge is 2.32. The number of aromatic nitrogens is 7. The van der Waals surface area contributed by atoms with E-state index in [-0.39, 0.29) is 65.2 Å². The summed E-state index contributed by atoms with van der Waals surface area (Å²) in [6.07, 6.45) is 2.67. The molecule has 3 aromatic carbocycles. The molecule has 382 valence electrons. The second-order valence-corrected chi connectivity index (χ2v) is 18.2. The van der Waals surface area contributed by atoms with Crippen molar-refractivity contribution in [2.75, 3.05) is 0 Å². The third-order valence-corrected chi connectivity index (χ3v) is 13.4. The molecule has 2 aliphatic rings. The second-order valence-electron chi connectivity index (χ2n) is 18.2. The van der Waals surface area contributed by atoms with Crippen LogP contribution in [-0.4, -0.2) is 69.4 Å². The third-order valence-electron chi connectivity index (χ3n) is 13.4. The van der Waals surface area contributed by atoms with Crippen LogP contribution in [0.5, 0.6) is 0 Å². The van der Waals surface area contributed by atoms with E-state index < -0.39 is 41.3 Å². The standard InChI is InChI=1S/C28H24F3N5O3.C26H23FN6O3/c1-15-19(16(2)37)7-8-21-20(15)9-10-22(21)35-27(39)24-13-23(34-25-11-12-33-36(24)25)26(38)32-14-17-3-5-18(6-4-17)28(29,30)31;1-14-17(15(2)34)3-4-19-18(14)5-6-20(19)32-26(36)22-12-21(31-24-8-10-30-33(22)24)25(35)29-13-16-7-9-28-23(27)11-16/h3-8,11-13,22H,9-10,14H2,1-2H3,(H,32,38)(H,35,39);3-4,7-12,20H,5-6,13H2,1-2H3,(H,29,35)(H,32,36)/t22-;20-/m00/s1. The summed E-state index contributed by atoms with van der Waals surface area (Å²) in [5.74, 6) is -2.59. The van der Waals surface area contributed by atoms with Gasteiger partial charge in [-0.25, -0.2) is 24.0 Å². The van der Waals surface area contributed by atoms with E-state index in [1.807, 2.05) is 26.0 Å². The van der Waals surface area contributed by atoms with Crippen molar-refractivity contribution in [3.05, 3.63) is 193 Å². The van der Waals surface area contributed by atoms with Crippen molar-refractivity contribution in [2.45, 2.75) is 84.7 Å². The van der Waals surface area contributed by atoms with Crippen LogP contribution in [0.15, 0.2) is 104 Å². The zero-order valence-corrected chi connectivity index (χ0v) is 40.8. The van der Waals surface area contributed by atoms with E-state index in [1.54, 1.807) is 37.3 Å². The fourth-order valence-electron chi connectivity index (χ4n) is 9.58. The molecule has 0 radical (unpaired) electrons. The van der Waals surface area contributed by atoms with Gasteiger partial charge in [0, 0.05) is 54.7 Å². The number of rotatable bonds is 12. The molecule has 0 spiro atoms. The number of carbonyl (C=O) groups is 6. The van der Waals surface area contributed by atoms with Crippen molar-refractivity contribution in [1.82, 2.24) is 55.4 Å². The van der Waals surface area contributed by atoms with Crippen molar-refractivity contribution in [3.63, 3.8) is 0 Å². The van der Waals surface area contributed by atoms with Crippen LogP contribution >= 0.6 is 0 Å². The number of ketones is 2. The lowest BCUT2D eigenvalue weighted by atomic mass is 9.96. The number of carbonyl (C=O) groups excluding carboxylic acids is 6. The summed E-state index contributed by atoms with van der Waals surface area (Å²) >= 11 is 0. The number of hydrogen-bond donors (Lipinski definition) is 4. The van der Waals surface area contributed by atoms with Gasteiger partial charge in [-0.05, 0) is 122 Å². The fraction of sp³-hybridized carbons (Fsp3) is 0.241. The van der Waals surface area contributed by atoms with E-state index in [0.717, 1.165) is 58.4 Å². The predicted molar refractivity (Wildman–Crippen MR) is 263 cm³/mol. The molecule has 5 heterocycles. The first-order valence-electron chi connectivity index (χ1n) is 23.8. The normalized spacial score (nSPS) is 14.6. The fourth-order valence-corrected chi connectivity index (χ4v) is 9.58. The van der Waals surface area contributed by atoms with Gasteiger partial charge < -0.3 is 21.3 Å². The van der Waals surface area contributed by atoms with Crippen LogP contribution in [0.3, 0.4) is 0 Å². The minimum Gasteiger partial charge on any atom is -0.347 e. The molecule has 0 fully saturated rings. The van der Waals surface area contributed by atoms with Crippen LogP contribution in [0.2, 0.25) is 0 Å². The Morgan fingerprint density at radius 2 is 1.05 bits per heavy atom. The molecule has 21 heteroatoms. The Bertz CT molecular complexity index is 3610. The van der Waals surface area contributed by atoms with Crippen LogP contribution < -0.4 is 21.3 Å². The van der Waals surface area contributed by atoms with Crippen molar-refractivity contribution < 1.29 is 46.3 Å². The van der Waals surface area contributed by atoms with Gasteiger partial charge >= 0.3 is 6.18 Å². The second kappa shape index (κ2) is 20.8. The number of nitrogens with one attached hydrogen (secondary N) is 4. The first-order chi connectivity index (χ1) is 35.8. The Morgan fingerprint density at radius 1 is 0.587 bits per heavy atom. The molecule has 17 nitrogen and oxygen atoms in total. The average Bonchev–Trinajstić information content (AvgIpc) is 4.23. The summed E-state index contributed by atoms with van der Waals surface area (Å²) in [5, 5.41) is 19.7. The lowest BCUT2D eigenvalue weighted by Gasteiger charge is -2.16. The van der Waals surface area contributed by atoms with Crippen LogP contribution in [0.4, 0.5) is 17.6 Å². The zero-order chi connectivity index (χ0) is 53.3. The number of nitrogens with zero attached hydrogens (tertiary/aromatic N) is 7. The van der Waals surface area contributed by atoms with Crippen LogP contribution in [-0.2, 0) is 32.1 Å². The first-order valence-corrected chi connectivity index (χ1v) is 23.8. The highest BCUT2D eigenvalue weighted by atomic mass is 19.4. The van der Waals surface area contributed by atoms with E-state index in [9.17, 15) is 46.3 Å². The molecule has 4 amide bonds. The molecular weight excluding hydrogens is 975 g/mol. The van der Waals surface area contributed by atoms with Crippen molar-refractivity contribution >= 4 is 46.5 Å². The maximum Gasteiger partial charge on any atom is 0.416 e. The predicted octanol–water partition coefficient (Wildman–Crippen LogP) is 7.73. The van der Waals surface area contributed by atoms with E-state index in [4.69, 9.17) is 0 Å². The van der Waals surface area contributed by atoms with E-state index in [0.29, 0.717) is 40.7 Å². The Balaban J connectivity index is 0.000000184. The van der Waals surface area contributed by atoms with Gasteiger partial charge in [-0.15, -0.1) is 0 Å². The molecule has 0 saturated heterocycles. The molecule has 5 aromatic heterocycles. The molecule has 10 rings (SSSR count). The lowest BCUT2D eigenvalue weighted by Crippen LogP contribution is -2.30. The Kier molecular flexibility index (Phi) is 14.1. The number of Topliss-reactive ketones (excluding diaryl/α,β-unsaturated/α-hetero) is 2. The average molecular weight is 1020 g/mol. The maximum atomic E-state index is 13.4. The minimum atomic E-state index is -4.44.